The van der Waals surface area contributed by atoms with E-state index >= 15 is 4.39 Å². The van der Waals surface area contributed by atoms with Gasteiger partial charge < -0.3 is 23.8 Å². The maximum absolute atomic E-state index is 15.6. The van der Waals surface area contributed by atoms with Crippen molar-refractivity contribution >= 4 is 11.1 Å². The Bertz CT molecular complexity index is 1550. The molecule has 0 amide bonds. The summed E-state index contributed by atoms with van der Waals surface area (Å²) < 4.78 is 34.8. The monoisotopic (exact) mass is 515 g/mol. The molecular weight excluding hydrogens is 485 g/mol. The number of hydrogen-bond donors (Lipinski definition) is 1. The molecule has 0 aliphatic carbocycles. The smallest absolute Gasteiger partial charge is 0.231 e. The fourth-order valence-electron chi connectivity index (χ4n) is 4.40. The van der Waals surface area contributed by atoms with Gasteiger partial charge in [-0.3, -0.25) is 0 Å². The third-order valence-corrected chi connectivity index (χ3v) is 6.18. The lowest BCUT2D eigenvalue weighted by Gasteiger charge is -2.14. The number of aryl methyl sites for hydroxylation is 1. The van der Waals surface area contributed by atoms with Crippen molar-refractivity contribution in [3.63, 3.8) is 0 Å². The standard InChI is InChI=1S/C29H30FN5O3/c1-18(2)37-13-12-31-16-19-14-23-27(24(15-19)36-4)38-29(33-23)26-22(30)11-10-21(20-8-6-5-7-9-20)25(26)28-34-32-17-35(28)3/h5-11,14-15,17-18,31H,12-13,16H2,1-4H3. The second-order valence-corrected chi connectivity index (χ2v) is 9.24. The van der Waals surface area contributed by atoms with E-state index in [1.54, 1.807) is 24.1 Å². The van der Waals surface area contributed by atoms with Crippen LogP contribution in [0.5, 0.6) is 5.75 Å². The lowest BCUT2D eigenvalue weighted by molar-refractivity contribution is 0.0807. The maximum atomic E-state index is 15.6. The average molecular weight is 516 g/mol. The van der Waals surface area contributed by atoms with Crippen LogP contribution in [0.2, 0.25) is 0 Å². The van der Waals surface area contributed by atoms with Gasteiger partial charge in [-0.25, -0.2) is 9.37 Å². The van der Waals surface area contributed by atoms with Crippen LogP contribution >= 0.6 is 0 Å². The molecule has 5 rings (SSSR count). The number of rotatable bonds is 10. The number of nitrogens with one attached hydrogen (secondary N) is 1. The van der Waals surface area contributed by atoms with Gasteiger partial charge in [-0.15, -0.1) is 10.2 Å². The summed E-state index contributed by atoms with van der Waals surface area (Å²) in [6.07, 6.45) is 1.77. The number of nitrogens with zero attached hydrogens (tertiary/aromatic N) is 4. The average Bonchev–Trinajstić information content (AvgIpc) is 3.53. The minimum atomic E-state index is -0.472. The van der Waals surface area contributed by atoms with E-state index < -0.39 is 5.82 Å². The second-order valence-electron chi connectivity index (χ2n) is 9.24. The largest absolute Gasteiger partial charge is 0.493 e. The van der Waals surface area contributed by atoms with Gasteiger partial charge in [-0.05, 0) is 48.7 Å². The summed E-state index contributed by atoms with van der Waals surface area (Å²) in [7, 11) is 3.39. The van der Waals surface area contributed by atoms with Gasteiger partial charge in [-0.2, -0.15) is 0 Å². The lowest BCUT2D eigenvalue weighted by atomic mass is 9.94. The Morgan fingerprint density at radius 1 is 1.08 bits per heavy atom. The lowest BCUT2D eigenvalue weighted by Crippen LogP contribution is -2.20. The van der Waals surface area contributed by atoms with Crippen molar-refractivity contribution < 1.29 is 18.3 Å². The number of halogens is 1. The molecule has 0 fully saturated rings. The molecule has 1 N–H and O–H groups in total. The molecule has 5 aromatic rings. The molecule has 0 saturated carbocycles. The Hall–Kier alpha value is -4.08. The molecule has 196 valence electrons. The number of aromatic nitrogens is 4. The van der Waals surface area contributed by atoms with Gasteiger partial charge in [0.1, 0.15) is 17.7 Å². The molecule has 2 aromatic heterocycles. The summed E-state index contributed by atoms with van der Waals surface area (Å²) in [5, 5.41) is 11.7. The molecule has 8 nitrogen and oxygen atoms in total. The van der Waals surface area contributed by atoms with Gasteiger partial charge in [0.25, 0.3) is 0 Å². The summed E-state index contributed by atoms with van der Waals surface area (Å²) in [5.74, 6) is 0.694. The minimum absolute atomic E-state index is 0.141. The van der Waals surface area contributed by atoms with E-state index in [4.69, 9.17) is 18.9 Å². The van der Waals surface area contributed by atoms with Crippen LogP contribution in [-0.2, 0) is 18.3 Å². The minimum Gasteiger partial charge on any atom is -0.493 e. The summed E-state index contributed by atoms with van der Waals surface area (Å²) >= 11 is 0. The summed E-state index contributed by atoms with van der Waals surface area (Å²) in [5.41, 5.74) is 4.45. The van der Waals surface area contributed by atoms with E-state index in [0.29, 0.717) is 47.9 Å². The molecule has 0 aliphatic rings. The molecule has 0 spiro atoms. The third kappa shape index (κ3) is 5.16. The number of fused-ring (bicyclic) bond motifs is 1. The normalized spacial score (nSPS) is 11.5. The van der Waals surface area contributed by atoms with Crippen molar-refractivity contribution in [2.75, 3.05) is 20.3 Å². The molecule has 3 aromatic carbocycles. The molecule has 0 bridgehead atoms. The van der Waals surface area contributed by atoms with E-state index in [1.807, 2.05) is 63.4 Å². The number of oxazole rings is 1. The van der Waals surface area contributed by atoms with Crippen molar-refractivity contribution in [2.24, 2.45) is 7.05 Å². The summed E-state index contributed by atoms with van der Waals surface area (Å²) in [4.78, 5) is 4.72. The Kier molecular flexibility index (Phi) is 7.48. The SMILES string of the molecule is COc1cc(CNCCOC(C)C)cc2nc(-c3c(F)ccc(-c4ccccc4)c3-c3nncn3C)oc12. The van der Waals surface area contributed by atoms with Gasteiger partial charge >= 0.3 is 0 Å². The molecule has 9 heteroatoms. The van der Waals surface area contributed by atoms with Crippen LogP contribution in [0.1, 0.15) is 19.4 Å². The molecule has 2 heterocycles. The Morgan fingerprint density at radius 2 is 1.89 bits per heavy atom. The van der Waals surface area contributed by atoms with Crippen molar-refractivity contribution in [2.45, 2.75) is 26.5 Å². The zero-order chi connectivity index (χ0) is 26.6. The highest BCUT2D eigenvalue weighted by molar-refractivity contribution is 5.92. The third-order valence-electron chi connectivity index (χ3n) is 6.18. The molecule has 0 unspecified atom stereocenters. The van der Waals surface area contributed by atoms with Crippen molar-refractivity contribution in [3.05, 3.63) is 72.3 Å². The number of ether oxygens (including phenoxy) is 2. The zero-order valence-corrected chi connectivity index (χ0v) is 21.9. The number of hydrogen-bond acceptors (Lipinski definition) is 7. The van der Waals surface area contributed by atoms with Crippen LogP contribution in [0.25, 0.3) is 45.1 Å². The van der Waals surface area contributed by atoms with Gasteiger partial charge in [0.05, 0.1) is 25.4 Å². The van der Waals surface area contributed by atoms with Crippen LogP contribution in [-0.4, -0.2) is 46.1 Å². The highest BCUT2D eigenvalue weighted by atomic mass is 19.1. The highest BCUT2D eigenvalue weighted by Crippen LogP contribution is 2.42. The van der Waals surface area contributed by atoms with Crippen LogP contribution in [0.3, 0.4) is 0 Å². The second kappa shape index (κ2) is 11.1. The van der Waals surface area contributed by atoms with Crippen molar-refractivity contribution in [1.29, 1.82) is 0 Å². The molecule has 0 radical (unpaired) electrons. The Morgan fingerprint density at radius 3 is 2.61 bits per heavy atom. The first-order valence-corrected chi connectivity index (χ1v) is 12.5. The zero-order valence-electron chi connectivity index (χ0n) is 21.9. The molecule has 0 aliphatic heterocycles. The molecular formula is C29H30FN5O3. The fraction of sp³-hybridized carbons (Fsp3) is 0.276. The van der Waals surface area contributed by atoms with Crippen molar-refractivity contribution in [1.82, 2.24) is 25.1 Å². The quantitative estimate of drug-likeness (QED) is 0.242. The number of benzene rings is 3. The van der Waals surface area contributed by atoms with Gasteiger partial charge in [0.2, 0.25) is 5.89 Å². The summed E-state index contributed by atoms with van der Waals surface area (Å²) in [6.45, 7) is 5.94. The van der Waals surface area contributed by atoms with E-state index in [1.165, 1.54) is 6.07 Å². The van der Waals surface area contributed by atoms with E-state index in [2.05, 4.69) is 15.5 Å². The van der Waals surface area contributed by atoms with Gasteiger partial charge in [0.15, 0.2) is 17.2 Å². The first-order valence-electron chi connectivity index (χ1n) is 12.5. The predicted octanol–water partition coefficient (Wildman–Crippen LogP) is 5.62. The molecule has 38 heavy (non-hydrogen) atoms. The highest BCUT2D eigenvalue weighted by Gasteiger charge is 2.26. The van der Waals surface area contributed by atoms with Crippen LogP contribution in [0, 0.1) is 5.82 Å². The molecule has 0 saturated heterocycles. The van der Waals surface area contributed by atoms with E-state index in [9.17, 15) is 0 Å². The van der Waals surface area contributed by atoms with Crippen LogP contribution < -0.4 is 10.1 Å². The maximum Gasteiger partial charge on any atom is 0.231 e. The van der Waals surface area contributed by atoms with Crippen LogP contribution in [0.4, 0.5) is 4.39 Å². The number of methoxy groups -OCH3 is 1. The van der Waals surface area contributed by atoms with Gasteiger partial charge in [0, 0.05) is 25.7 Å². The first kappa shape index (κ1) is 25.6. The predicted molar refractivity (Wildman–Crippen MR) is 144 cm³/mol. The van der Waals surface area contributed by atoms with Crippen molar-refractivity contribution in [3.8, 4) is 39.7 Å². The van der Waals surface area contributed by atoms with Crippen LogP contribution in [0.15, 0.2) is 65.3 Å². The van der Waals surface area contributed by atoms with Gasteiger partial charge in [-0.1, -0.05) is 36.4 Å². The molecule has 0 atom stereocenters. The van der Waals surface area contributed by atoms with E-state index in [-0.39, 0.29) is 17.6 Å². The topological polar surface area (TPSA) is 87.2 Å². The Balaban J connectivity index is 1.60. The van der Waals surface area contributed by atoms with E-state index in [0.717, 1.165) is 16.7 Å². The first-order chi connectivity index (χ1) is 18.5. The summed E-state index contributed by atoms with van der Waals surface area (Å²) in [6, 6.07) is 16.7. The Labute approximate surface area is 220 Å². The fourth-order valence-corrected chi connectivity index (χ4v) is 4.40.